The van der Waals surface area contributed by atoms with Crippen molar-refractivity contribution < 1.29 is 14.6 Å². The summed E-state index contributed by atoms with van der Waals surface area (Å²) in [6, 6.07) is 12.1. The van der Waals surface area contributed by atoms with Gasteiger partial charge in [0.05, 0.1) is 12.3 Å². The van der Waals surface area contributed by atoms with E-state index in [9.17, 15) is 9.90 Å². The minimum Gasteiger partial charge on any atom is -0.506 e. The minimum atomic E-state index is -0.323. The highest BCUT2D eigenvalue weighted by Crippen LogP contribution is 2.23. The van der Waals surface area contributed by atoms with Crippen molar-refractivity contribution in [2.24, 2.45) is 0 Å². The third-order valence-corrected chi connectivity index (χ3v) is 4.46. The Balaban J connectivity index is 1.80. The second kappa shape index (κ2) is 11.3. The molecule has 0 aliphatic rings. The Morgan fingerprint density at radius 3 is 2.50 bits per heavy atom. The van der Waals surface area contributed by atoms with Crippen LogP contribution in [0.4, 0.5) is 5.69 Å². The number of phenolic OH excluding ortho intramolecular Hbond substituents is 1. The molecule has 2 aromatic carbocycles. The monoisotopic (exact) mass is 400 g/mol. The van der Waals surface area contributed by atoms with E-state index in [4.69, 9.17) is 17.0 Å². The molecule has 0 fully saturated rings. The van der Waals surface area contributed by atoms with Gasteiger partial charge < -0.3 is 15.2 Å². The molecule has 0 unspecified atom stereocenters. The van der Waals surface area contributed by atoms with E-state index in [-0.39, 0.29) is 16.8 Å². The molecule has 0 bridgehead atoms. The van der Waals surface area contributed by atoms with E-state index in [1.807, 2.05) is 6.92 Å². The second-order valence-corrected chi connectivity index (χ2v) is 7.12. The lowest BCUT2D eigenvalue weighted by molar-refractivity contribution is 0.0977. The van der Waals surface area contributed by atoms with Crippen LogP contribution in [0.1, 0.15) is 54.9 Å². The SMILES string of the molecule is CCCCCCCOc1ccc(C(=O)NC(=S)Nc2cc(C)ccc2O)cc1. The minimum absolute atomic E-state index is 0.0680. The van der Waals surface area contributed by atoms with Gasteiger partial charge in [0.1, 0.15) is 11.5 Å². The van der Waals surface area contributed by atoms with Crippen LogP contribution in [-0.2, 0) is 0 Å². The van der Waals surface area contributed by atoms with E-state index in [0.717, 1.165) is 17.7 Å². The fraction of sp³-hybridized carbons (Fsp3) is 0.364. The lowest BCUT2D eigenvalue weighted by atomic mass is 10.2. The number of carbonyl (C=O) groups excluding carboxylic acids is 1. The zero-order chi connectivity index (χ0) is 20.4. The number of hydrogen-bond acceptors (Lipinski definition) is 4. The first-order chi connectivity index (χ1) is 13.5. The third kappa shape index (κ3) is 7.19. The molecule has 0 radical (unpaired) electrons. The second-order valence-electron chi connectivity index (χ2n) is 6.72. The molecule has 0 aliphatic carbocycles. The first-order valence-corrected chi connectivity index (χ1v) is 10.0. The van der Waals surface area contributed by atoms with Gasteiger partial charge in [-0.1, -0.05) is 38.7 Å². The topological polar surface area (TPSA) is 70.6 Å². The molecule has 150 valence electrons. The van der Waals surface area contributed by atoms with Crippen molar-refractivity contribution in [2.45, 2.75) is 46.0 Å². The first kappa shape index (κ1) is 21.7. The molecule has 3 N–H and O–H groups in total. The summed E-state index contributed by atoms with van der Waals surface area (Å²) in [4.78, 5) is 12.3. The Bertz CT molecular complexity index is 791. The smallest absolute Gasteiger partial charge is 0.257 e. The summed E-state index contributed by atoms with van der Waals surface area (Å²) in [6.07, 6.45) is 5.95. The number of nitrogens with one attached hydrogen (secondary N) is 2. The molecule has 0 aliphatic heterocycles. The van der Waals surface area contributed by atoms with Gasteiger partial charge in [0.25, 0.3) is 5.91 Å². The summed E-state index contributed by atoms with van der Waals surface area (Å²) in [5.74, 6) is 0.492. The zero-order valence-corrected chi connectivity index (χ0v) is 17.3. The molecule has 5 nitrogen and oxygen atoms in total. The zero-order valence-electron chi connectivity index (χ0n) is 16.5. The van der Waals surface area contributed by atoms with Gasteiger partial charge in [0.15, 0.2) is 5.11 Å². The Kier molecular flexibility index (Phi) is 8.75. The number of amides is 1. The lowest BCUT2D eigenvalue weighted by Gasteiger charge is -2.12. The molecule has 2 aromatic rings. The van der Waals surface area contributed by atoms with Crippen molar-refractivity contribution in [2.75, 3.05) is 11.9 Å². The van der Waals surface area contributed by atoms with Crippen molar-refractivity contribution in [3.05, 3.63) is 53.6 Å². The highest BCUT2D eigenvalue weighted by molar-refractivity contribution is 7.80. The highest BCUT2D eigenvalue weighted by Gasteiger charge is 2.10. The van der Waals surface area contributed by atoms with Crippen LogP contribution in [0.15, 0.2) is 42.5 Å². The van der Waals surface area contributed by atoms with Gasteiger partial charge >= 0.3 is 0 Å². The number of aryl methyl sites for hydroxylation is 1. The van der Waals surface area contributed by atoms with Gasteiger partial charge in [0.2, 0.25) is 0 Å². The quantitative estimate of drug-likeness (QED) is 0.307. The number of benzene rings is 2. The predicted octanol–water partition coefficient (Wildman–Crippen LogP) is 5.18. The third-order valence-electron chi connectivity index (χ3n) is 4.26. The van der Waals surface area contributed by atoms with Crippen LogP contribution in [0.5, 0.6) is 11.5 Å². The Hall–Kier alpha value is -2.60. The van der Waals surface area contributed by atoms with E-state index >= 15 is 0 Å². The van der Waals surface area contributed by atoms with E-state index in [1.54, 1.807) is 42.5 Å². The maximum Gasteiger partial charge on any atom is 0.257 e. The standard InChI is InChI=1S/C22H28N2O3S/c1-3-4-5-6-7-14-27-18-11-9-17(10-12-18)21(26)24-22(28)23-19-15-16(2)8-13-20(19)25/h8-13,15,25H,3-7,14H2,1-2H3,(H2,23,24,26,28). The van der Waals surface area contributed by atoms with E-state index in [0.29, 0.717) is 17.9 Å². The van der Waals surface area contributed by atoms with Crippen molar-refractivity contribution >= 4 is 28.9 Å². The fourth-order valence-electron chi connectivity index (χ4n) is 2.68. The number of thiocarbonyl (C=S) groups is 1. The number of phenols is 1. The Morgan fingerprint density at radius 2 is 1.79 bits per heavy atom. The van der Waals surface area contributed by atoms with Crippen LogP contribution in [0.2, 0.25) is 0 Å². The van der Waals surface area contributed by atoms with Crippen molar-refractivity contribution in [3.8, 4) is 11.5 Å². The molecular formula is C22H28N2O3S. The van der Waals surface area contributed by atoms with Gasteiger partial charge in [-0.15, -0.1) is 0 Å². The number of carbonyl (C=O) groups is 1. The molecular weight excluding hydrogens is 372 g/mol. The Morgan fingerprint density at radius 1 is 1.07 bits per heavy atom. The van der Waals surface area contributed by atoms with Crippen molar-refractivity contribution in [3.63, 3.8) is 0 Å². The normalized spacial score (nSPS) is 10.4. The molecule has 1 amide bonds. The summed E-state index contributed by atoms with van der Waals surface area (Å²) in [6.45, 7) is 4.79. The first-order valence-electron chi connectivity index (χ1n) is 9.64. The number of ether oxygens (including phenoxy) is 1. The molecule has 6 heteroatoms. The molecule has 0 spiro atoms. The molecule has 0 heterocycles. The number of rotatable bonds is 9. The summed E-state index contributed by atoms with van der Waals surface area (Å²) < 4.78 is 5.71. The summed E-state index contributed by atoms with van der Waals surface area (Å²) in [7, 11) is 0. The molecule has 2 rings (SSSR count). The number of unbranched alkanes of at least 4 members (excludes halogenated alkanes) is 4. The maximum absolute atomic E-state index is 12.3. The van der Waals surface area contributed by atoms with Crippen LogP contribution >= 0.6 is 12.2 Å². The fourth-order valence-corrected chi connectivity index (χ4v) is 2.88. The highest BCUT2D eigenvalue weighted by atomic mass is 32.1. The number of aromatic hydroxyl groups is 1. The van der Waals surface area contributed by atoms with E-state index in [2.05, 4.69) is 17.6 Å². The molecule has 0 aromatic heterocycles. The maximum atomic E-state index is 12.3. The van der Waals surface area contributed by atoms with Crippen LogP contribution in [0, 0.1) is 6.92 Å². The van der Waals surface area contributed by atoms with Crippen LogP contribution in [-0.4, -0.2) is 22.7 Å². The van der Waals surface area contributed by atoms with Crippen LogP contribution < -0.4 is 15.4 Å². The average Bonchev–Trinajstić information content (AvgIpc) is 2.68. The van der Waals surface area contributed by atoms with Gasteiger partial charge in [0, 0.05) is 5.56 Å². The van der Waals surface area contributed by atoms with Crippen molar-refractivity contribution in [1.82, 2.24) is 5.32 Å². The predicted molar refractivity (Wildman–Crippen MR) is 117 cm³/mol. The number of anilines is 1. The van der Waals surface area contributed by atoms with Gasteiger partial charge in [-0.05, 0) is 67.5 Å². The van der Waals surface area contributed by atoms with Gasteiger partial charge in [-0.3, -0.25) is 10.1 Å². The Labute approximate surface area is 172 Å². The van der Waals surface area contributed by atoms with Crippen molar-refractivity contribution in [1.29, 1.82) is 0 Å². The van der Waals surface area contributed by atoms with Gasteiger partial charge in [-0.2, -0.15) is 0 Å². The molecule has 0 saturated heterocycles. The summed E-state index contributed by atoms with van der Waals surface area (Å²) >= 11 is 5.16. The van der Waals surface area contributed by atoms with Crippen LogP contribution in [0.25, 0.3) is 0 Å². The lowest BCUT2D eigenvalue weighted by Crippen LogP contribution is -2.34. The van der Waals surface area contributed by atoms with Gasteiger partial charge in [-0.25, -0.2) is 0 Å². The largest absolute Gasteiger partial charge is 0.506 e. The van der Waals surface area contributed by atoms with E-state index in [1.165, 1.54) is 25.7 Å². The molecule has 0 saturated carbocycles. The molecule has 0 atom stereocenters. The molecule has 28 heavy (non-hydrogen) atoms. The van der Waals surface area contributed by atoms with Crippen LogP contribution in [0.3, 0.4) is 0 Å². The van der Waals surface area contributed by atoms with E-state index < -0.39 is 0 Å². The number of hydrogen-bond donors (Lipinski definition) is 3. The summed E-state index contributed by atoms with van der Waals surface area (Å²) in [5, 5.41) is 15.4. The average molecular weight is 401 g/mol. The summed E-state index contributed by atoms with van der Waals surface area (Å²) in [5.41, 5.74) is 1.90.